The van der Waals surface area contributed by atoms with Gasteiger partial charge >= 0.3 is 0 Å². The molecule has 4 rings (SSSR count). The molecule has 4 atom stereocenters. The van der Waals surface area contributed by atoms with Crippen molar-refractivity contribution in [2.24, 2.45) is 33.9 Å². The van der Waals surface area contributed by atoms with Crippen LogP contribution in [0.15, 0.2) is 4.99 Å². The summed E-state index contributed by atoms with van der Waals surface area (Å²) in [6.45, 7) is 11.3. The number of rotatable bonds is 1. The maximum Gasteiger partial charge on any atom is 0.191 e. The second-order valence-corrected chi connectivity index (χ2v) is 7.25. The molecule has 4 heteroatoms. The fourth-order valence-corrected chi connectivity index (χ4v) is 4.44. The lowest BCUT2D eigenvalue weighted by molar-refractivity contribution is -0.108. The Morgan fingerprint density at radius 2 is 1.95 bits per heavy atom. The molecule has 1 saturated heterocycles. The maximum absolute atomic E-state index is 6.22. The minimum absolute atomic E-state index is 0.451. The molecule has 0 unspecified atom stereocenters. The highest BCUT2D eigenvalue weighted by Crippen LogP contribution is 2.61. The van der Waals surface area contributed by atoms with E-state index in [-0.39, 0.29) is 0 Å². The molecule has 108 valence electrons. The van der Waals surface area contributed by atoms with Crippen molar-refractivity contribution in [3.63, 3.8) is 0 Å². The van der Waals surface area contributed by atoms with E-state index in [1.807, 2.05) is 0 Å². The number of nitrogens with zero attached hydrogens (tertiary/aromatic N) is 2. The quantitative estimate of drug-likeness (QED) is 0.554. The molecule has 4 fully saturated rings. The van der Waals surface area contributed by atoms with Gasteiger partial charge in [0.25, 0.3) is 0 Å². The third kappa shape index (κ3) is 2.14. The molecule has 4 aliphatic rings. The average Bonchev–Trinajstić information content (AvgIpc) is 2.41. The van der Waals surface area contributed by atoms with E-state index in [1.165, 1.54) is 12.8 Å². The summed E-state index contributed by atoms with van der Waals surface area (Å²) in [6.07, 6.45) is 2.64. The van der Waals surface area contributed by atoms with Crippen molar-refractivity contribution in [3.05, 3.63) is 0 Å². The van der Waals surface area contributed by atoms with Gasteiger partial charge in [0, 0.05) is 26.2 Å². The predicted octanol–water partition coefficient (Wildman–Crippen LogP) is 1.28. The number of aliphatic imine (C=N–C) groups is 1. The predicted molar refractivity (Wildman–Crippen MR) is 79.0 cm³/mol. The zero-order valence-electron chi connectivity index (χ0n) is 12.5. The van der Waals surface area contributed by atoms with Crippen LogP contribution in [0.1, 0.15) is 33.6 Å². The topological polar surface area (TPSA) is 53.6 Å². The summed E-state index contributed by atoms with van der Waals surface area (Å²) >= 11 is 0. The van der Waals surface area contributed by atoms with E-state index >= 15 is 0 Å². The molecule has 3 saturated carbocycles. The highest BCUT2D eigenvalue weighted by molar-refractivity contribution is 5.78. The van der Waals surface area contributed by atoms with Gasteiger partial charge in [0.05, 0.1) is 6.04 Å². The minimum atomic E-state index is 0.451. The molecule has 1 heterocycles. The highest BCUT2D eigenvalue weighted by atomic mass is 15.3. The summed E-state index contributed by atoms with van der Waals surface area (Å²) in [4.78, 5) is 7.11. The number of piperazine rings is 1. The van der Waals surface area contributed by atoms with Crippen LogP contribution in [0.3, 0.4) is 0 Å². The van der Waals surface area contributed by atoms with Crippen molar-refractivity contribution in [1.82, 2.24) is 10.2 Å². The van der Waals surface area contributed by atoms with Crippen LogP contribution >= 0.6 is 0 Å². The summed E-state index contributed by atoms with van der Waals surface area (Å²) in [7, 11) is 0. The van der Waals surface area contributed by atoms with E-state index in [0.717, 1.165) is 44.0 Å². The molecule has 0 aromatic rings. The van der Waals surface area contributed by atoms with Gasteiger partial charge in [-0.3, -0.25) is 0 Å². The molecule has 3 N–H and O–H groups in total. The second-order valence-electron chi connectivity index (χ2n) is 7.25. The van der Waals surface area contributed by atoms with E-state index in [2.05, 4.69) is 31.0 Å². The van der Waals surface area contributed by atoms with Crippen LogP contribution in [0.25, 0.3) is 0 Å². The second kappa shape index (κ2) is 4.65. The van der Waals surface area contributed by atoms with Gasteiger partial charge in [-0.15, -0.1) is 0 Å². The minimum Gasteiger partial charge on any atom is -0.370 e. The fraction of sp³-hybridized carbons (Fsp3) is 0.933. The monoisotopic (exact) mass is 264 g/mol. The standard InChI is InChI=1S/C15H28N4/c1-10-12-8-11(15(12,2)3)9-13(10)18-14(16)19-6-4-17-5-7-19/h10-13,17H,4-9H2,1-3H3,(H2,16,18)/t10-,11+,12+,13+/m1/s1. The Morgan fingerprint density at radius 3 is 2.53 bits per heavy atom. The van der Waals surface area contributed by atoms with Gasteiger partial charge in [-0.05, 0) is 36.0 Å². The lowest BCUT2D eigenvalue weighted by Crippen LogP contribution is -2.57. The fourth-order valence-electron chi connectivity index (χ4n) is 4.44. The number of hydrogen-bond acceptors (Lipinski definition) is 2. The van der Waals surface area contributed by atoms with Crippen molar-refractivity contribution in [2.75, 3.05) is 26.2 Å². The van der Waals surface area contributed by atoms with Gasteiger partial charge in [-0.1, -0.05) is 20.8 Å². The molecule has 4 nitrogen and oxygen atoms in total. The number of hydrogen-bond donors (Lipinski definition) is 2. The summed E-state index contributed by atoms with van der Waals surface area (Å²) in [5.74, 6) is 3.16. The van der Waals surface area contributed by atoms with E-state index in [9.17, 15) is 0 Å². The zero-order chi connectivity index (χ0) is 13.6. The zero-order valence-corrected chi connectivity index (χ0v) is 12.5. The summed E-state index contributed by atoms with van der Waals surface area (Å²) in [5, 5.41) is 3.35. The Kier molecular flexibility index (Phi) is 3.24. The van der Waals surface area contributed by atoms with Crippen molar-refractivity contribution >= 4 is 5.96 Å². The van der Waals surface area contributed by atoms with Crippen molar-refractivity contribution in [2.45, 2.75) is 39.7 Å². The van der Waals surface area contributed by atoms with Gasteiger partial charge in [0.2, 0.25) is 0 Å². The van der Waals surface area contributed by atoms with Crippen LogP contribution in [0.4, 0.5) is 0 Å². The van der Waals surface area contributed by atoms with Crippen LogP contribution in [0.5, 0.6) is 0 Å². The third-order valence-corrected chi connectivity index (χ3v) is 6.05. The van der Waals surface area contributed by atoms with Crippen LogP contribution in [0.2, 0.25) is 0 Å². The molecule has 0 spiro atoms. The van der Waals surface area contributed by atoms with Crippen LogP contribution in [0, 0.1) is 23.2 Å². The number of nitrogens with two attached hydrogens (primary N) is 1. The molecule has 19 heavy (non-hydrogen) atoms. The number of guanidine groups is 1. The Morgan fingerprint density at radius 1 is 1.26 bits per heavy atom. The maximum atomic E-state index is 6.22. The SMILES string of the molecule is C[C@H]1[C@@H](N=C(N)N2CCNCC2)C[C@@H]2C[C@@H]1C2(C)C. The first-order valence-corrected chi connectivity index (χ1v) is 7.79. The Labute approximate surface area is 116 Å². The van der Waals surface area contributed by atoms with E-state index in [4.69, 9.17) is 10.7 Å². The van der Waals surface area contributed by atoms with Gasteiger partial charge in [-0.25, -0.2) is 4.99 Å². The average molecular weight is 264 g/mol. The number of nitrogens with one attached hydrogen (secondary N) is 1. The van der Waals surface area contributed by atoms with Gasteiger partial charge in [0.15, 0.2) is 5.96 Å². The first-order valence-electron chi connectivity index (χ1n) is 7.79. The summed E-state index contributed by atoms with van der Waals surface area (Å²) in [6, 6.07) is 0.451. The molecule has 0 aromatic heterocycles. The largest absolute Gasteiger partial charge is 0.370 e. The van der Waals surface area contributed by atoms with Crippen LogP contribution < -0.4 is 11.1 Å². The normalized spacial score (nSPS) is 41.8. The van der Waals surface area contributed by atoms with Gasteiger partial charge in [-0.2, -0.15) is 0 Å². The van der Waals surface area contributed by atoms with E-state index in [0.29, 0.717) is 17.4 Å². The van der Waals surface area contributed by atoms with E-state index in [1.54, 1.807) is 0 Å². The Bertz CT molecular complexity index is 370. The lowest BCUT2D eigenvalue weighted by atomic mass is 9.45. The molecular weight excluding hydrogens is 236 g/mol. The molecule has 0 aromatic carbocycles. The van der Waals surface area contributed by atoms with Crippen molar-refractivity contribution in [1.29, 1.82) is 0 Å². The van der Waals surface area contributed by atoms with Gasteiger partial charge in [0.1, 0.15) is 0 Å². The van der Waals surface area contributed by atoms with Crippen molar-refractivity contribution in [3.8, 4) is 0 Å². The van der Waals surface area contributed by atoms with E-state index < -0.39 is 0 Å². The van der Waals surface area contributed by atoms with Crippen LogP contribution in [-0.2, 0) is 0 Å². The molecular formula is C15H28N4. The Balaban J connectivity index is 1.67. The first-order chi connectivity index (χ1) is 9.00. The van der Waals surface area contributed by atoms with Crippen LogP contribution in [-0.4, -0.2) is 43.1 Å². The van der Waals surface area contributed by atoms with Gasteiger partial charge < -0.3 is 16.0 Å². The molecule has 1 aliphatic heterocycles. The smallest absolute Gasteiger partial charge is 0.191 e. The Hall–Kier alpha value is -0.770. The molecule has 3 aliphatic carbocycles. The highest BCUT2D eigenvalue weighted by Gasteiger charge is 2.56. The number of fused-ring (bicyclic) bond motifs is 2. The molecule has 2 bridgehead atoms. The summed E-state index contributed by atoms with van der Waals surface area (Å²) in [5.41, 5.74) is 6.75. The summed E-state index contributed by atoms with van der Waals surface area (Å²) < 4.78 is 0. The molecule has 0 amide bonds. The molecule has 0 radical (unpaired) electrons. The lowest BCUT2D eigenvalue weighted by Gasteiger charge is -2.61. The third-order valence-electron chi connectivity index (χ3n) is 6.05. The van der Waals surface area contributed by atoms with Crippen molar-refractivity contribution < 1.29 is 0 Å². The first kappa shape index (κ1) is 13.2.